The minimum absolute atomic E-state index is 0.160. The van der Waals surface area contributed by atoms with Gasteiger partial charge in [0.25, 0.3) is 0 Å². The highest BCUT2D eigenvalue weighted by Crippen LogP contribution is 2.33. The van der Waals surface area contributed by atoms with Crippen LogP contribution in [0, 0.1) is 0 Å². The number of hydrogen-bond donors (Lipinski definition) is 1. The maximum Gasteiger partial charge on any atom is 0.387 e. The first-order valence-corrected chi connectivity index (χ1v) is 7.84. The summed E-state index contributed by atoms with van der Waals surface area (Å²) < 4.78 is 40.0. The Bertz CT molecular complexity index is 662. The third-order valence-corrected chi connectivity index (χ3v) is 3.65. The van der Waals surface area contributed by atoms with Crippen molar-refractivity contribution in [1.82, 2.24) is 5.32 Å². The quantitative estimate of drug-likeness (QED) is 0.873. The van der Waals surface area contributed by atoms with Gasteiger partial charge in [0.05, 0.1) is 13.2 Å². The normalized spacial score (nSPS) is 13.6. The van der Waals surface area contributed by atoms with Crippen LogP contribution in [0.3, 0.4) is 0 Å². The standard InChI is InChI=1S/C18H19F2NO3/c19-18(20)24-15-7-5-13(6-8-15)11-21-12-14-3-1-4-16-17(14)23-10-2-9-22-16/h1,3-8,18,21H,2,9-12H2. The summed E-state index contributed by atoms with van der Waals surface area (Å²) in [5.41, 5.74) is 2.02. The molecule has 128 valence electrons. The van der Waals surface area contributed by atoms with E-state index in [1.54, 1.807) is 12.1 Å². The van der Waals surface area contributed by atoms with E-state index in [9.17, 15) is 8.78 Å². The molecule has 0 radical (unpaired) electrons. The third kappa shape index (κ3) is 4.35. The van der Waals surface area contributed by atoms with Crippen LogP contribution in [0.2, 0.25) is 0 Å². The van der Waals surface area contributed by atoms with Crippen molar-refractivity contribution < 1.29 is 23.0 Å². The first-order chi connectivity index (χ1) is 11.7. The van der Waals surface area contributed by atoms with Gasteiger partial charge in [0.2, 0.25) is 0 Å². The van der Waals surface area contributed by atoms with Gasteiger partial charge in [0, 0.05) is 25.1 Å². The predicted octanol–water partition coefficient (Wildman–Crippen LogP) is 3.74. The van der Waals surface area contributed by atoms with Gasteiger partial charge in [-0.25, -0.2) is 0 Å². The van der Waals surface area contributed by atoms with E-state index in [0.29, 0.717) is 26.3 Å². The smallest absolute Gasteiger partial charge is 0.387 e. The Morgan fingerprint density at radius 2 is 1.79 bits per heavy atom. The van der Waals surface area contributed by atoms with Gasteiger partial charge < -0.3 is 19.5 Å². The van der Waals surface area contributed by atoms with Crippen molar-refractivity contribution in [1.29, 1.82) is 0 Å². The maximum atomic E-state index is 12.1. The van der Waals surface area contributed by atoms with Crippen LogP contribution < -0.4 is 19.5 Å². The van der Waals surface area contributed by atoms with Crippen LogP contribution in [0.25, 0.3) is 0 Å². The lowest BCUT2D eigenvalue weighted by atomic mass is 10.1. The summed E-state index contributed by atoms with van der Waals surface area (Å²) in [5.74, 6) is 1.73. The molecule has 3 rings (SSSR count). The molecular weight excluding hydrogens is 316 g/mol. The molecule has 0 saturated carbocycles. The molecule has 2 aromatic rings. The van der Waals surface area contributed by atoms with E-state index in [0.717, 1.165) is 29.0 Å². The molecule has 0 unspecified atom stereocenters. The largest absolute Gasteiger partial charge is 0.490 e. The van der Waals surface area contributed by atoms with Crippen LogP contribution in [0.1, 0.15) is 17.5 Å². The average Bonchev–Trinajstić information content (AvgIpc) is 2.82. The number of nitrogens with one attached hydrogen (secondary N) is 1. The maximum absolute atomic E-state index is 12.1. The van der Waals surface area contributed by atoms with Crippen molar-refractivity contribution in [2.45, 2.75) is 26.1 Å². The summed E-state index contributed by atoms with van der Waals surface area (Å²) >= 11 is 0. The lowest BCUT2D eigenvalue weighted by Gasteiger charge is -2.13. The van der Waals surface area contributed by atoms with E-state index in [1.807, 2.05) is 18.2 Å². The molecule has 1 heterocycles. The Hall–Kier alpha value is -2.34. The lowest BCUT2D eigenvalue weighted by Crippen LogP contribution is -2.13. The number of rotatable bonds is 6. The second kappa shape index (κ2) is 7.97. The molecule has 1 aliphatic heterocycles. The van der Waals surface area contributed by atoms with E-state index < -0.39 is 6.61 Å². The van der Waals surface area contributed by atoms with Gasteiger partial charge in [-0.2, -0.15) is 8.78 Å². The molecule has 0 aromatic heterocycles. The molecule has 2 aromatic carbocycles. The van der Waals surface area contributed by atoms with E-state index in [1.165, 1.54) is 12.1 Å². The number of hydrogen-bond acceptors (Lipinski definition) is 4. The molecule has 0 aliphatic carbocycles. The van der Waals surface area contributed by atoms with Gasteiger partial charge in [0.1, 0.15) is 5.75 Å². The highest BCUT2D eigenvalue weighted by molar-refractivity contribution is 5.47. The fraction of sp³-hybridized carbons (Fsp3) is 0.333. The van der Waals surface area contributed by atoms with Crippen LogP contribution in [0.15, 0.2) is 42.5 Å². The van der Waals surface area contributed by atoms with Gasteiger partial charge in [0.15, 0.2) is 11.5 Å². The second-order valence-corrected chi connectivity index (χ2v) is 5.42. The minimum Gasteiger partial charge on any atom is -0.490 e. The molecule has 0 bridgehead atoms. The predicted molar refractivity (Wildman–Crippen MR) is 85.7 cm³/mol. The summed E-state index contributed by atoms with van der Waals surface area (Å²) in [6.07, 6.45) is 0.870. The first-order valence-electron chi connectivity index (χ1n) is 7.84. The summed E-state index contributed by atoms with van der Waals surface area (Å²) in [6.45, 7) is -0.252. The van der Waals surface area contributed by atoms with Crippen LogP contribution >= 0.6 is 0 Å². The van der Waals surface area contributed by atoms with Gasteiger partial charge >= 0.3 is 6.61 Å². The SMILES string of the molecule is FC(F)Oc1ccc(CNCc2cccc3c2OCCCO3)cc1. The van der Waals surface area contributed by atoms with E-state index in [-0.39, 0.29) is 5.75 Å². The Balaban J connectivity index is 1.57. The Morgan fingerprint density at radius 3 is 2.58 bits per heavy atom. The topological polar surface area (TPSA) is 39.7 Å². The van der Waals surface area contributed by atoms with Gasteiger partial charge in [-0.1, -0.05) is 24.3 Å². The fourth-order valence-electron chi connectivity index (χ4n) is 2.52. The zero-order chi connectivity index (χ0) is 16.8. The van der Waals surface area contributed by atoms with Crippen molar-refractivity contribution in [2.24, 2.45) is 0 Å². The number of para-hydroxylation sites is 1. The molecule has 0 spiro atoms. The Morgan fingerprint density at radius 1 is 1.00 bits per heavy atom. The molecule has 24 heavy (non-hydrogen) atoms. The van der Waals surface area contributed by atoms with Crippen LogP contribution in [0.5, 0.6) is 17.2 Å². The van der Waals surface area contributed by atoms with Crippen LogP contribution in [-0.4, -0.2) is 19.8 Å². The highest BCUT2D eigenvalue weighted by Gasteiger charge is 2.14. The van der Waals surface area contributed by atoms with Gasteiger partial charge in [-0.3, -0.25) is 0 Å². The first kappa shape index (κ1) is 16.5. The Labute approximate surface area is 139 Å². The number of alkyl halides is 2. The molecular formula is C18H19F2NO3. The molecule has 0 atom stereocenters. The molecule has 1 N–H and O–H groups in total. The summed E-state index contributed by atoms with van der Waals surface area (Å²) in [6, 6.07) is 12.4. The molecule has 0 amide bonds. The Kier molecular flexibility index (Phi) is 5.48. The summed E-state index contributed by atoms with van der Waals surface area (Å²) in [4.78, 5) is 0. The second-order valence-electron chi connectivity index (χ2n) is 5.42. The third-order valence-electron chi connectivity index (χ3n) is 3.65. The molecule has 0 fully saturated rings. The van der Waals surface area contributed by atoms with Crippen molar-refractivity contribution in [3.8, 4) is 17.2 Å². The van der Waals surface area contributed by atoms with Crippen molar-refractivity contribution in [3.05, 3.63) is 53.6 Å². The van der Waals surface area contributed by atoms with Crippen molar-refractivity contribution in [3.63, 3.8) is 0 Å². The van der Waals surface area contributed by atoms with Crippen molar-refractivity contribution in [2.75, 3.05) is 13.2 Å². The van der Waals surface area contributed by atoms with Crippen LogP contribution in [-0.2, 0) is 13.1 Å². The number of halogens is 2. The molecule has 6 heteroatoms. The molecule has 0 saturated heterocycles. The van der Waals surface area contributed by atoms with E-state index >= 15 is 0 Å². The fourth-order valence-corrected chi connectivity index (χ4v) is 2.52. The van der Waals surface area contributed by atoms with Gasteiger partial charge in [-0.15, -0.1) is 0 Å². The minimum atomic E-state index is -2.80. The lowest BCUT2D eigenvalue weighted by molar-refractivity contribution is -0.0498. The zero-order valence-electron chi connectivity index (χ0n) is 13.1. The summed E-state index contributed by atoms with van der Waals surface area (Å²) in [5, 5.41) is 3.32. The van der Waals surface area contributed by atoms with E-state index in [4.69, 9.17) is 9.47 Å². The number of ether oxygens (including phenoxy) is 3. The van der Waals surface area contributed by atoms with E-state index in [2.05, 4.69) is 10.1 Å². The van der Waals surface area contributed by atoms with Gasteiger partial charge in [-0.05, 0) is 23.8 Å². The summed E-state index contributed by atoms with van der Waals surface area (Å²) in [7, 11) is 0. The monoisotopic (exact) mass is 335 g/mol. The number of fused-ring (bicyclic) bond motifs is 1. The molecule has 1 aliphatic rings. The average molecular weight is 335 g/mol. The zero-order valence-corrected chi connectivity index (χ0v) is 13.1. The van der Waals surface area contributed by atoms with Crippen molar-refractivity contribution >= 4 is 0 Å². The number of benzene rings is 2. The highest BCUT2D eigenvalue weighted by atomic mass is 19.3. The molecule has 4 nitrogen and oxygen atoms in total. The van der Waals surface area contributed by atoms with Crippen LogP contribution in [0.4, 0.5) is 8.78 Å².